The van der Waals surface area contributed by atoms with Gasteiger partial charge in [-0.3, -0.25) is 4.79 Å². The van der Waals surface area contributed by atoms with Crippen molar-refractivity contribution in [1.82, 2.24) is 40.4 Å². The molecule has 7 N–H and O–H groups in total. The zero-order chi connectivity index (χ0) is 48.8. The number of benzene rings is 4. The Labute approximate surface area is 386 Å². The second kappa shape index (κ2) is 20.5. The van der Waals surface area contributed by atoms with Crippen LogP contribution in [0.1, 0.15) is 31.8 Å². The summed E-state index contributed by atoms with van der Waals surface area (Å²) in [5.74, 6) is -5.09. The zero-order valence-corrected chi connectivity index (χ0v) is 37.1. The van der Waals surface area contributed by atoms with Crippen LogP contribution in [0.15, 0.2) is 84.9 Å². The van der Waals surface area contributed by atoms with Crippen molar-refractivity contribution in [2.45, 2.75) is 13.1 Å². The Hall–Kier alpha value is -8.24. The van der Waals surface area contributed by atoms with Crippen LogP contribution in [0.2, 0.25) is 0 Å². The summed E-state index contributed by atoms with van der Waals surface area (Å²) in [5.41, 5.74) is 7.18. The van der Waals surface area contributed by atoms with Gasteiger partial charge in [-0.25, -0.2) is 51.7 Å². The second-order valence-corrected chi connectivity index (χ2v) is 15.8. The number of nitrogens with one attached hydrogen (secondary N) is 4. The number of aromatic carboxylic acids is 1. The number of para-hydroxylation sites is 2. The topological polar surface area (TPSA) is 227 Å². The summed E-state index contributed by atoms with van der Waals surface area (Å²) < 4.78 is 58.7. The average molecular weight is 936 g/mol. The Morgan fingerprint density at radius 3 is 1.40 bits per heavy atom. The monoisotopic (exact) mass is 935 g/mol. The molecule has 2 aliphatic heterocycles. The number of hydrogen-bond acceptors (Lipinski definition) is 12. The lowest BCUT2D eigenvalue weighted by atomic mass is 10.0. The third-order valence-electron chi connectivity index (χ3n) is 10.4. The molecule has 5 amide bonds. The van der Waals surface area contributed by atoms with E-state index < -0.39 is 58.6 Å². The normalized spacial score (nSPS) is 13.0. The first-order valence-electron chi connectivity index (χ1n) is 20.9. The van der Waals surface area contributed by atoms with Crippen molar-refractivity contribution < 1.29 is 41.8 Å². The molecule has 22 heteroatoms. The van der Waals surface area contributed by atoms with Crippen molar-refractivity contribution in [2.24, 2.45) is 5.73 Å². The van der Waals surface area contributed by atoms with Gasteiger partial charge < -0.3 is 41.9 Å². The highest BCUT2D eigenvalue weighted by Crippen LogP contribution is 2.40. The lowest BCUT2D eigenvalue weighted by Gasteiger charge is -2.30. The predicted molar refractivity (Wildman–Crippen MR) is 246 cm³/mol. The maximum absolute atomic E-state index is 14.7. The molecule has 352 valence electrons. The van der Waals surface area contributed by atoms with Crippen molar-refractivity contribution in [3.63, 3.8) is 0 Å². The highest BCUT2D eigenvalue weighted by molar-refractivity contribution is 6.03. The van der Waals surface area contributed by atoms with Gasteiger partial charge in [0.05, 0.1) is 30.0 Å². The Morgan fingerprint density at radius 1 is 0.632 bits per heavy atom. The van der Waals surface area contributed by atoms with E-state index in [1.807, 2.05) is 38.0 Å². The van der Waals surface area contributed by atoms with Gasteiger partial charge in [0, 0.05) is 54.0 Å². The van der Waals surface area contributed by atoms with E-state index >= 15 is 0 Å². The lowest BCUT2D eigenvalue weighted by molar-refractivity contribution is 0.0696. The SMILES string of the molecule is CN(C)CCNc1nc(-c2cccc(C(=O)O)c2)c2c(n1)N(c1c(F)cccc1F)C(=O)NC2.CN(C)CCNc1nc(-c2cccc(C(N)=O)c2)c2c(n1)N(c1c(F)cccc1F)C(=O)NC2. The van der Waals surface area contributed by atoms with Gasteiger partial charge in [-0.1, -0.05) is 36.4 Å². The first kappa shape index (κ1) is 47.7. The molecule has 0 radical (unpaired) electrons. The number of carbonyl (C=O) groups excluding carboxylic acids is 3. The van der Waals surface area contributed by atoms with Crippen LogP contribution < -0.4 is 36.8 Å². The van der Waals surface area contributed by atoms with Gasteiger partial charge in [-0.2, -0.15) is 9.97 Å². The average Bonchev–Trinajstić information content (AvgIpc) is 3.29. The molecule has 2 aliphatic rings. The van der Waals surface area contributed by atoms with E-state index in [0.29, 0.717) is 59.8 Å². The number of hydrogen-bond donors (Lipinski definition) is 6. The van der Waals surface area contributed by atoms with Crippen molar-refractivity contribution in [3.8, 4) is 22.5 Å². The van der Waals surface area contributed by atoms with Crippen LogP contribution in [0.4, 0.5) is 62.1 Å². The molecular weight excluding hydrogens is 891 g/mol. The first-order chi connectivity index (χ1) is 32.5. The number of primary amides is 1. The number of carboxylic acid groups (broad SMARTS) is 1. The van der Waals surface area contributed by atoms with E-state index in [1.54, 1.807) is 36.4 Å². The van der Waals surface area contributed by atoms with E-state index in [0.717, 1.165) is 34.1 Å². The Balaban J connectivity index is 0.000000201. The first-order valence-corrected chi connectivity index (χ1v) is 20.9. The fourth-order valence-corrected chi connectivity index (χ4v) is 7.18. The van der Waals surface area contributed by atoms with Crippen LogP contribution >= 0.6 is 0 Å². The van der Waals surface area contributed by atoms with Crippen molar-refractivity contribution in [3.05, 3.63) is 130 Å². The number of urea groups is 2. The zero-order valence-electron chi connectivity index (χ0n) is 37.1. The van der Waals surface area contributed by atoms with Gasteiger partial charge in [-0.05, 0) is 76.7 Å². The van der Waals surface area contributed by atoms with Crippen molar-refractivity contribution >= 4 is 58.8 Å². The lowest BCUT2D eigenvalue weighted by Crippen LogP contribution is -2.43. The van der Waals surface area contributed by atoms with Crippen LogP contribution in [0, 0.1) is 23.3 Å². The van der Waals surface area contributed by atoms with Crippen LogP contribution in [0.25, 0.3) is 22.5 Å². The highest BCUT2D eigenvalue weighted by atomic mass is 19.1. The van der Waals surface area contributed by atoms with E-state index in [1.165, 1.54) is 24.3 Å². The Morgan fingerprint density at radius 2 is 1.01 bits per heavy atom. The van der Waals surface area contributed by atoms with Crippen LogP contribution in [-0.4, -0.2) is 113 Å². The molecule has 0 aliphatic carbocycles. The molecule has 0 saturated carbocycles. The maximum Gasteiger partial charge on any atom is 0.335 e. The minimum atomic E-state index is -1.11. The molecule has 0 bridgehead atoms. The van der Waals surface area contributed by atoms with Crippen LogP contribution in [-0.2, 0) is 13.1 Å². The highest BCUT2D eigenvalue weighted by Gasteiger charge is 2.36. The summed E-state index contributed by atoms with van der Waals surface area (Å²) >= 11 is 0. The van der Waals surface area contributed by atoms with Crippen molar-refractivity contribution in [2.75, 3.05) is 74.8 Å². The van der Waals surface area contributed by atoms with Crippen LogP contribution in [0.5, 0.6) is 0 Å². The van der Waals surface area contributed by atoms with Gasteiger partial charge in [-0.15, -0.1) is 0 Å². The molecule has 0 atom stereocenters. The third-order valence-corrected chi connectivity index (χ3v) is 10.4. The predicted octanol–water partition coefficient (Wildman–Crippen LogP) is 6.31. The standard InChI is InChI=1S/C23H23F2N7O2.C23H22F2N6O3/c1-31(2)10-9-27-22-29-18(13-5-3-6-14(11-13)20(26)33)15-12-28-23(34)32(21(15)30-22)19-16(24)7-4-8-17(19)25;1-30(2)10-9-26-22-28-18(13-5-3-6-14(11-13)21(32)33)15-12-27-23(34)31(20(15)29-22)19-16(24)7-4-8-17(19)25/h3-8,11H,9-10,12H2,1-2H3,(H2,26,33)(H,28,34)(H,27,29,30);3-8,11H,9-10,12H2,1-2H3,(H,27,34)(H,32,33)(H,26,28,29). The van der Waals surface area contributed by atoms with Crippen molar-refractivity contribution in [1.29, 1.82) is 0 Å². The molecular formula is C46H45F4N13O5. The molecule has 0 unspecified atom stereocenters. The number of halogens is 4. The number of amides is 5. The number of likely N-dealkylation sites (N-methyl/N-ethyl adjacent to an activating group) is 2. The Bertz CT molecular complexity index is 2690. The molecule has 4 aromatic carbocycles. The molecule has 6 aromatic rings. The summed E-state index contributed by atoms with van der Waals surface area (Å²) in [5, 5.41) is 20.8. The van der Waals surface area contributed by atoms with Gasteiger partial charge in [0.15, 0.2) is 11.6 Å². The van der Waals surface area contributed by atoms with Gasteiger partial charge in [0.1, 0.15) is 34.6 Å². The number of carboxylic acids is 1. The van der Waals surface area contributed by atoms with Gasteiger partial charge >= 0.3 is 18.0 Å². The summed E-state index contributed by atoms with van der Waals surface area (Å²) in [6.45, 7) is 2.27. The summed E-state index contributed by atoms with van der Waals surface area (Å²) in [4.78, 5) is 72.4. The van der Waals surface area contributed by atoms with Gasteiger partial charge in [0.25, 0.3) is 0 Å². The molecule has 0 fully saturated rings. The minimum absolute atomic E-state index is 0.00540. The number of carbonyl (C=O) groups is 4. The molecule has 18 nitrogen and oxygen atoms in total. The quantitative estimate of drug-likeness (QED) is 0.0660. The van der Waals surface area contributed by atoms with E-state index in [9.17, 15) is 41.8 Å². The number of aromatic nitrogens is 4. The van der Waals surface area contributed by atoms with E-state index in [-0.39, 0.29) is 47.7 Å². The summed E-state index contributed by atoms with van der Waals surface area (Å²) in [6, 6.07) is 17.8. The third kappa shape index (κ3) is 10.4. The number of anilines is 6. The van der Waals surface area contributed by atoms with Crippen LogP contribution in [0.3, 0.4) is 0 Å². The maximum atomic E-state index is 14.7. The molecule has 0 spiro atoms. The molecule has 4 heterocycles. The molecule has 8 rings (SSSR count). The van der Waals surface area contributed by atoms with E-state index in [4.69, 9.17) is 5.73 Å². The summed E-state index contributed by atoms with van der Waals surface area (Å²) in [7, 11) is 7.60. The fraction of sp³-hybridized carbons (Fsp3) is 0.217. The number of fused-ring (bicyclic) bond motifs is 2. The smallest absolute Gasteiger partial charge is 0.335 e. The molecule has 2 aromatic heterocycles. The van der Waals surface area contributed by atoms with Gasteiger partial charge in [0.2, 0.25) is 17.8 Å². The number of nitrogens with two attached hydrogens (primary N) is 1. The second-order valence-electron chi connectivity index (χ2n) is 15.8. The fourth-order valence-electron chi connectivity index (χ4n) is 7.18. The summed E-state index contributed by atoms with van der Waals surface area (Å²) in [6.07, 6.45) is 0. The Kier molecular flexibility index (Phi) is 14.4. The number of nitrogens with zero attached hydrogens (tertiary/aromatic N) is 8. The number of rotatable bonds is 14. The molecule has 68 heavy (non-hydrogen) atoms. The largest absolute Gasteiger partial charge is 0.478 e. The molecule has 0 saturated heterocycles. The minimum Gasteiger partial charge on any atom is -0.478 e. The van der Waals surface area contributed by atoms with E-state index in [2.05, 4.69) is 41.2 Å².